The molecule has 4 aliphatic carbocycles. The first-order valence-corrected chi connectivity index (χ1v) is 14.2. The van der Waals surface area contributed by atoms with Crippen molar-refractivity contribution in [3.63, 3.8) is 0 Å². The smallest absolute Gasteiger partial charge is 0.320 e. The summed E-state index contributed by atoms with van der Waals surface area (Å²) in [5.41, 5.74) is 0.0227. The van der Waals surface area contributed by atoms with Gasteiger partial charge in [-0.05, 0) is 126 Å². The van der Waals surface area contributed by atoms with Gasteiger partial charge in [0.15, 0.2) is 0 Å². The number of carboxylic acid groups (broad SMARTS) is 1. The van der Waals surface area contributed by atoms with Crippen LogP contribution < -0.4 is 0 Å². The fourth-order valence-corrected chi connectivity index (χ4v) is 9.95. The molecule has 5 fully saturated rings. The summed E-state index contributed by atoms with van der Waals surface area (Å²) in [6.45, 7) is 9.55. The van der Waals surface area contributed by atoms with Crippen LogP contribution in [0.4, 0.5) is 0 Å². The quantitative estimate of drug-likeness (QED) is 0.544. The van der Waals surface area contributed by atoms with E-state index in [1.54, 1.807) is 11.8 Å². The molecule has 196 valence electrons. The van der Waals surface area contributed by atoms with E-state index in [0.717, 1.165) is 38.0 Å². The van der Waals surface area contributed by atoms with Gasteiger partial charge in [-0.3, -0.25) is 19.3 Å². The zero-order valence-electron chi connectivity index (χ0n) is 22.2. The van der Waals surface area contributed by atoms with Crippen molar-refractivity contribution in [2.45, 2.75) is 110 Å². The SMILES string of the molecule is CC(=O)[C@H]1CC[C@H]2[C@@H]3CC[C@H]4C[C@](C)(OC(=O)CN5CCC[C@H]5C(=O)O)CC[C@]4(C)[C@H]3CC[C@]12C. The molecule has 0 aromatic heterocycles. The molecule has 6 nitrogen and oxygen atoms in total. The van der Waals surface area contributed by atoms with Gasteiger partial charge in [0.05, 0.1) is 6.54 Å². The van der Waals surface area contributed by atoms with E-state index in [0.29, 0.717) is 36.5 Å². The Morgan fingerprint density at radius 1 is 0.914 bits per heavy atom. The average molecular weight is 488 g/mol. The van der Waals surface area contributed by atoms with Gasteiger partial charge in [-0.15, -0.1) is 0 Å². The number of carbonyl (C=O) groups excluding carboxylic acids is 2. The van der Waals surface area contributed by atoms with Crippen LogP contribution in [0, 0.1) is 40.4 Å². The number of ketones is 1. The highest BCUT2D eigenvalue weighted by Gasteiger charge is 2.61. The van der Waals surface area contributed by atoms with Gasteiger partial charge in [-0.1, -0.05) is 13.8 Å². The molecular weight excluding hydrogens is 442 g/mol. The third kappa shape index (κ3) is 4.16. The average Bonchev–Trinajstić information content (AvgIpc) is 3.38. The summed E-state index contributed by atoms with van der Waals surface area (Å²) in [5.74, 6) is 2.22. The van der Waals surface area contributed by atoms with Crippen LogP contribution in [0.25, 0.3) is 0 Å². The molecule has 5 aliphatic rings. The summed E-state index contributed by atoms with van der Waals surface area (Å²) >= 11 is 0. The summed E-state index contributed by atoms with van der Waals surface area (Å²) < 4.78 is 6.11. The first-order valence-electron chi connectivity index (χ1n) is 14.2. The Kier molecular flexibility index (Phi) is 6.38. The Labute approximate surface area is 210 Å². The predicted molar refractivity (Wildman–Crippen MR) is 133 cm³/mol. The van der Waals surface area contributed by atoms with Gasteiger partial charge in [0.1, 0.15) is 17.4 Å². The maximum absolute atomic E-state index is 12.9. The van der Waals surface area contributed by atoms with Crippen molar-refractivity contribution in [3.05, 3.63) is 0 Å². The number of carboxylic acids is 1. The van der Waals surface area contributed by atoms with Gasteiger partial charge < -0.3 is 9.84 Å². The minimum absolute atomic E-state index is 0.0801. The molecule has 0 unspecified atom stereocenters. The lowest BCUT2D eigenvalue weighted by atomic mass is 9.44. The number of fused-ring (bicyclic) bond motifs is 5. The van der Waals surface area contributed by atoms with Crippen LogP contribution in [0.15, 0.2) is 0 Å². The molecule has 0 bridgehead atoms. The molecule has 35 heavy (non-hydrogen) atoms. The molecule has 6 heteroatoms. The Hall–Kier alpha value is -1.43. The van der Waals surface area contributed by atoms with Crippen LogP contribution >= 0.6 is 0 Å². The Bertz CT molecular complexity index is 888. The van der Waals surface area contributed by atoms with E-state index in [1.165, 1.54) is 32.1 Å². The standard InChI is InChI=1S/C29H45NO5/c1-18(31)21-9-10-22-20-8-7-19-16-27(2,13-14-28(19,3)23(20)11-12-29(21,22)4)35-25(32)17-30-15-5-6-24(30)26(33)34/h19-24H,5-17H2,1-4H3,(H,33,34)/t19-,20-,21+,22-,23-,24-,27+,28-,29+/m0/s1. The molecule has 0 amide bonds. The number of likely N-dealkylation sites (tertiary alicyclic amines) is 1. The number of hydrogen-bond acceptors (Lipinski definition) is 5. The zero-order valence-corrected chi connectivity index (χ0v) is 22.2. The third-order valence-corrected chi connectivity index (χ3v) is 11.8. The molecule has 1 saturated heterocycles. The third-order valence-electron chi connectivity index (χ3n) is 11.8. The lowest BCUT2D eigenvalue weighted by Gasteiger charge is -2.62. The molecule has 1 N–H and O–H groups in total. The van der Waals surface area contributed by atoms with E-state index < -0.39 is 17.6 Å². The van der Waals surface area contributed by atoms with E-state index in [9.17, 15) is 19.5 Å². The van der Waals surface area contributed by atoms with E-state index in [-0.39, 0.29) is 29.3 Å². The second kappa shape index (κ2) is 8.85. The number of rotatable bonds is 5. The molecule has 0 radical (unpaired) electrons. The summed E-state index contributed by atoms with van der Waals surface area (Å²) in [6.07, 6.45) is 11.4. The second-order valence-electron chi connectivity index (χ2n) is 13.5. The van der Waals surface area contributed by atoms with Crippen molar-refractivity contribution in [1.82, 2.24) is 4.90 Å². The van der Waals surface area contributed by atoms with E-state index in [2.05, 4.69) is 20.8 Å². The maximum Gasteiger partial charge on any atom is 0.320 e. The van der Waals surface area contributed by atoms with Crippen LogP contribution in [-0.2, 0) is 19.1 Å². The first-order chi connectivity index (χ1) is 16.5. The number of carbonyl (C=O) groups is 3. The van der Waals surface area contributed by atoms with Gasteiger partial charge in [-0.2, -0.15) is 0 Å². The fraction of sp³-hybridized carbons (Fsp3) is 0.897. The number of aliphatic carboxylic acids is 1. The van der Waals surface area contributed by atoms with Crippen molar-refractivity contribution in [3.8, 4) is 0 Å². The number of nitrogens with zero attached hydrogens (tertiary/aromatic N) is 1. The van der Waals surface area contributed by atoms with Gasteiger partial charge in [0.2, 0.25) is 0 Å². The van der Waals surface area contributed by atoms with E-state index >= 15 is 0 Å². The van der Waals surface area contributed by atoms with Crippen molar-refractivity contribution >= 4 is 17.7 Å². The normalized spacial score (nSPS) is 47.4. The molecule has 0 aromatic rings. The van der Waals surface area contributed by atoms with Gasteiger partial charge in [-0.25, -0.2) is 0 Å². The number of Topliss-reactive ketones (excluding diaryl/α,β-unsaturated/α-hetero) is 1. The molecule has 0 spiro atoms. The van der Waals surface area contributed by atoms with Crippen LogP contribution in [0.2, 0.25) is 0 Å². The van der Waals surface area contributed by atoms with Crippen molar-refractivity contribution < 1.29 is 24.2 Å². The molecule has 9 atom stereocenters. The summed E-state index contributed by atoms with van der Waals surface area (Å²) in [7, 11) is 0. The lowest BCUT2D eigenvalue weighted by Crippen LogP contribution is -2.56. The van der Waals surface area contributed by atoms with Gasteiger partial charge in [0, 0.05) is 5.92 Å². The summed E-state index contributed by atoms with van der Waals surface area (Å²) in [6, 6.07) is -0.560. The Morgan fingerprint density at radius 2 is 1.66 bits per heavy atom. The van der Waals surface area contributed by atoms with Crippen molar-refractivity contribution in [2.75, 3.05) is 13.1 Å². The summed E-state index contributed by atoms with van der Waals surface area (Å²) in [4.78, 5) is 38.5. The fourth-order valence-electron chi connectivity index (χ4n) is 9.95. The van der Waals surface area contributed by atoms with Gasteiger partial charge in [0.25, 0.3) is 0 Å². The van der Waals surface area contributed by atoms with Gasteiger partial charge >= 0.3 is 11.9 Å². The highest BCUT2D eigenvalue weighted by atomic mass is 16.6. The number of esters is 1. The minimum atomic E-state index is -0.841. The van der Waals surface area contributed by atoms with Crippen LogP contribution in [0.5, 0.6) is 0 Å². The molecular formula is C29H45NO5. The van der Waals surface area contributed by atoms with Crippen LogP contribution in [-0.4, -0.2) is 52.5 Å². The minimum Gasteiger partial charge on any atom is -0.480 e. The molecule has 1 heterocycles. The highest BCUT2D eigenvalue weighted by molar-refractivity contribution is 5.79. The van der Waals surface area contributed by atoms with Crippen molar-refractivity contribution in [2.24, 2.45) is 40.4 Å². The Morgan fingerprint density at radius 3 is 2.37 bits per heavy atom. The molecule has 0 aromatic carbocycles. The Balaban J connectivity index is 1.24. The molecule has 5 rings (SSSR count). The topological polar surface area (TPSA) is 83.9 Å². The number of hydrogen-bond donors (Lipinski definition) is 1. The maximum atomic E-state index is 12.9. The van der Waals surface area contributed by atoms with E-state index in [4.69, 9.17) is 4.74 Å². The largest absolute Gasteiger partial charge is 0.480 e. The second-order valence-corrected chi connectivity index (χ2v) is 13.5. The first kappa shape index (κ1) is 25.2. The van der Waals surface area contributed by atoms with E-state index in [1.807, 2.05) is 0 Å². The van der Waals surface area contributed by atoms with Crippen LogP contribution in [0.1, 0.15) is 98.3 Å². The predicted octanol–water partition coefficient (Wildman–Crippen LogP) is 5.09. The lowest BCUT2D eigenvalue weighted by molar-refractivity contribution is -0.182. The number of ether oxygens (including phenoxy) is 1. The zero-order chi connectivity index (χ0) is 25.2. The van der Waals surface area contributed by atoms with Crippen molar-refractivity contribution in [1.29, 1.82) is 0 Å². The molecule has 1 aliphatic heterocycles. The highest BCUT2D eigenvalue weighted by Crippen LogP contribution is 2.68. The van der Waals surface area contributed by atoms with Crippen LogP contribution in [0.3, 0.4) is 0 Å². The summed E-state index contributed by atoms with van der Waals surface area (Å²) in [5, 5.41) is 9.43. The monoisotopic (exact) mass is 487 g/mol. The molecule has 4 saturated carbocycles.